The highest BCUT2D eigenvalue weighted by Gasteiger charge is 2.15. The Labute approximate surface area is 216 Å². The maximum absolute atomic E-state index is 4.90. The van der Waals surface area contributed by atoms with Crippen LogP contribution in [0.3, 0.4) is 0 Å². The minimum atomic E-state index is 0.635. The van der Waals surface area contributed by atoms with Crippen LogP contribution in [0.4, 0.5) is 17.1 Å². The third-order valence-corrected chi connectivity index (χ3v) is 6.09. The third-order valence-electron chi connectivity index (χ3n) is 6.09. The smallest absolute Gasteiger partial charge is 0.164 e. The van der Waals surface area contributed by atoms with Crippen molar-refractivity contribution in [1.82, 2.24) is 15.0 Å². The Morgan fingerprint density at radius 1 is 0.324 bits per heavy atom. The Hall–Kier alpha value is -5.09. The first kappa shape index (κ1) is 22.4. The molecule has 5 aromatic carbocycles. The van der Waals surface area contributed by atoms with E-state index in [1.807, 2.05) is 72.8 Å². The summed E-state index contributed by atoms with van der Waals surface area (Å²) in [5, 5.41) is 0. The number of hydrogen-bond acceptors (Lipinski definition) is 4. The molecule has 0 aliphatic rings. The fourth-order valence-electron chi connectivity index (χ4n) is 4.32. The van der Waals surface area contributed by atoms with Crippen molar-refractivity contribution in [2.45, 2.75) is 0 Å². The monoisotopic (exact) mass is 476 g/mol. The largest absolute Gasteiger partial charge is 0.310 e. The maximum atomic E-state index is 4.90. The molecule has 0 aliphatic heterocycles. The van der Waals surface area contributed by atoms with Gasteiger partial charge in [0.05, 0.1) is 0 Å². The van der Waals surface area contributed by atoms with Gasteiger partial charge in [-0.2, -0.15) is 0 Å². The third kappa shape index (κ3) is 4.86. The zero-order chi connectivity index (χ0) is 24.9. The molecule has 4 heteroatoms. The van der Waals surface area contributed by atoms with E-state index in [1.165, 1.54) is 0 Å². The zero-order valence-corrected chi connectivity index (χ0v) is 20.1. The number of para-hydroxylation sites is 2. The molecule has 6 aromatic rings. The predicted molar refractivity (Wildman–Crippen MR) is 151 cm³/mol. The van der Waals surface area contributed by atoms with Crippen molar-refractivity contribution in [3.05, 3.63) is 146 Å². The van der Waals surface area contributed by atoms with Crippen molar-refractivity contribution in [3.63, 3.8) is 0 Å². The molecule has 37 heavy (non-hydrogen) atoms. The highest BCUT2D eigenvalue weighted by molar-refractivity contribution is 5.79. The van der Waals surface area contributed by atoms with Gasteiger partial charge in [0.25, 0.3) is 0 Å². The van der Waals surface area contributed by atoms with E-state index in [-0.39, 0.29) is 0 Å². The zero-order valence-electron chi connectivity index (χ0n) is 20.1. The van der Waals surface area contributed by atoms with Gasteiger partial charge in [0, 0.05) is 33.8 Å². The molecule has 0 aliphatic carbocycles. The molecule has 0 radical (unpaired) electrons. The number of hydrogen-bond donors (Lipinski definition) is 0. The van der Waals surface area contributed by atoms with Gasteiger partial charge in [-0.3, -0.25) is 0 Å². The topological polar surface area (TPSA) is 41.9 Å². The van der Waals surface area contributed by atoms with Crippen molar-refractivity contribution in [1.29, 1.82) is 0 Å². The molecule has 0 N–H and O–H groups in total. The highest BCUT2D eigenvalue weighted by atomic mass is 15.1. The Kier molecular flexibility index (Phi) is 6.21. The number of benzene rings is 5. The van der Waals surface area contributed by atoms with E-state index >= 15 is 0 Å². The summed E-state index contributed by atoms with van der Waals surface area (Å²) < 4.78 is 0. The van der Waals surface area contributed by atoms with Crippen LogP contribution in [0.5, 0.6) is 0 Å². The fourth-order valence-corrected chi connectivity index (χ4v) is 4.32. The van der Waals surface area contributed by atoms with E-state index in [0.717, 1.165) is 33.8 Å². The summed E-state index contributed by atoms with van der Waals surface area (Å²) >= 11 is 0. The quantitative estimate of drug-likeness (QED) is 0.242. The van der Waals surface area contributed by atoms with Crippen LogP contribution in [-0.2, 0) is 0 Å². The molecule has 6 rings (SSSR count). The molecule has 0 atom stereocenters. The lowest BCUT2D eigenvalue weighted by atomic mass is 10.1. The van der Waals surface area contributed by atoms with Crippen molar-refractivity contribution >= 4 is 17.1 Å². The van der Waals surface area contributed by atoms with Gasteiger partial charge < -0.3 is 4.90 Å². The van der Waals surface area contributed by atoms with Crippen LogP contribution in [0.15, 0.2) is 146 Å². The van der Waals surface area contributed by atoms with Gasteiger partial charge in [-0.25, -0.2) is 15.0 Å². The molecular formula is C33H24N4. The van der Waals surface area contributed by atoms with Gasteiger partial charge >= 0.3 is 0 Å². The van der Waals surface area contributed by atoms with Crippen molar-refractivity contribution in [3.8, 4) is 34.2 Å². The molecule has 0 saturated carbocycles. The first-order valence-electron chi connectivity index (χ1n) is 12.2. The maximum Gasteiger partial charge on any atom is 0.164 e. The Morgan fingerprint density at radius 2 is 0.676 bits per heavy atom. The standard InChI is InChI=1S/C33H24N4/c1-5-14-25(15-6-1)31-34-32(26-16-7-2-8-17-26)36-33(35-31)27-18-13-23-30(24-27)37(28-19-9-3-10-20-28)29-21-11-4-12-22-29/h1-24H. The predicted octanol–water partition coefficient (Wildman–Crippen LogP) is 8.34. The number of aromatic nitrogens is 3. The van der Waals surface area contributed by atoms with Gasteiger partial charge in [-0.15, -0.1) is 0 Å². The van der Waals surface area contributed by atoms with E-state index in [1.54, 1.807) is 0 Å². The van der Waals surface area contributed by atoms with E-state index < -0.39 is 0 Å². The highest BCUT2D eigenvalue weighted by Crippen LogP contribution is 2.36. The van der Waals surface area contributed by atoms with Gasteiger partial charge in [-0.05, 0) is 36.4 Å². The van der Waals surface area contributed by atoms with Crippen LogP contribution < -0.4 is 4.90 Å². The summed E-state index contributed by atoms with van der Waals surface area (Å²) in [4.78, 5) is 16.9. The second-order valence-corrected chi connectivity index (χ2v) is 8.60. The second kappa shape index (κ2) is 10.3. The molecule has 0 saturated heterocycles. The first-order chi connectivity index (χ1) is 18.3. The number of nitrogens with zero attached hydrogens (tertiary/aromatic N) is 4. The first-order valence-corrected chi connectivity index (χ1v) is 12.2. The van der Waals surface area contributed by atoms with E-state index in [0.29, 0.717) is 17.5 Å². The van der Waals surface area contributed by atoms with Crippen LogP contribution in [0, 0.1) is 0 Å². The molecule has 0 fully saturated rings. The van der Waals surface area contributed by atoms with Crippen molar-refractivity contribution in [2.75, 3.05) is 4.90 Å². The van der Waals surface area contributed by atoms with Gasteiger partial charge in [0.2, 0.25) is 0 Å². The molecular weight excluding hydrogens is 452 g/mol. The number of rotatable bonds is 6. The van der Waals surface area contributed by atoms with Gasteiger partial charge in [-0.1, -0.05) is 109 Å². The molecule has 4 nitrogen and oxygen atoms in total. The lowest BCUT2D eigenvalue weighted by Crippen LogP contribution is -2.10. The Bertz CT molecular complexity index is 1510. The van der Waals surface area contributed by atoms with Crippen molar-refractivity contribution in [2.24, 2.45) is 0 Å². The summed E-state index contributed by atoms with van der Waals surface area (Å²) in [5.74, 6) is 1.94. The summed E-state index contributed by atoms with van der Waals surface area (Å²) in [5.41, 5.74) is 6.02. The molecule has 0 bridgehead atoms. The van der Waals surface area contributed by atoms with E-state index in [2.05, 4.69) is 77.7 Å². The fraction of sp³-hybridized carbons (Fsp3) is 0. The molecule has 1 heterocycles. The average Bonchev–Trinajstić information content (AvgIpc) is 2.99. The number of anilines is 3. The van der Waals surface area contributed by atoms with Crippen LogP contribution in [0.1, 0.15) is 0 Å². The summed E-state index contributed by atoms with van der Waals surface area (Å²) in [6.07, 6.45) is 0. The summed E-state index contributed by atoms with van der Waals surface area (Å²) in [7, 11) is 0. The summed E-state index contributed by atoms with van der Waals surface area (Å²) in [6.45, 7) is 0. The molecule has 1 aromatic heterocycles. The van der Waals surface area contributed by atoms with Gasteiger partial charge in [0.1, 0.15) is 0 Å². The van der Waals surface area contributed by atoms with E-state index in [4.69, 9.17) is 15.0 Å². The van der Waals surface area contributed by atoms with Gasteiger partial charge in [0.15, 0.2) is 17.5 Å². The van der Waals surface area contributed by atoms with Crippen LogP contribution >= 0.6 is 0 Å². The molecule has 176 valence electrons. The minimum Gasteiger partial charge on any atom is -0.310 e. The van der Waals surface area contributed by atoms with E-state index in [9.17, 15) is 0 Å². The van der Waals surface area contributed by atoms with Crippen LogP contribution in [0.2, 0.25) is 0 Å². The Balaban J connectivity index is 1.50. The molecule has 0 unspecified atom stereocenters. The molecule has 0 spiro atoms. The van der Waals surface area contributed by atoms with Crippen LogP contribution in [-0.4, -0.2) is 15.0 Å². The Morgan fingerprint density at radius 3 is 1.14 bits per heavy atom. The summed E-state index contributed by atoms with van der Waals surface area (Å²) in [6, 6.07) is 49.2. The second-order valence-electron chi connectivity index (χ2n) is 8.60. The lowest BCUT2D eigenvalue weighted by molar-refractivity contribution is 1.07. The van der Waals surface area contributed by atoms with Crippen LogP contribution in [0.25, 0.3) is 34.2 Å². The van der Waals surface area contributed by atoms with Crippen molar-refractivity contribution < 1.29 is 0 Å². The minimum absolute atomic E-state index is 0.635. The lowest BCUT2D eigenvalue weighted by Gasteiger charge is -2.25. The SMILES string of the molecule is c1ccc(-c2nc(-c3ccccc3)nc(-c3cccc(N(c4ccccc4)c4ccccc4)c3)n2)cc1. The molecule has 0 amide bonds. The average molecular weight is 477 g/mol. The normalized spacial score (nSPS) is 10.7.